The third-order valence-electron chi connectivity index (χ3n) is 4.65. The Kier molecular flexibility index (Phi) is 7.13. The van der Waals surface area contributed by atoms with E-state index in [9.17, 15) is 0 Å². The van der Waals surface area contributed by atoms with Gasteiger partial charge in [-0.25, -0.2) is 4.63 Å². The second-order valence-corrected chi connectivity index (χ2v) is 6.82. The minimum Gasteiger partial charge on any atom is -0.494 e. The molecule has 0 aliphatic carbocycles. The van der Waals surface area contributed by atoms with E-state index in [-0.39, 0.29) is 5.82 Å². The van der Waals surface area contributed by atoms with Crippen LogP contribution in [0.2, 0.25) is 0 Å². The molecule has 0 spiro atoms. The van der Waals surface area contributed by atoms with Gasteiger partial charge in [-0.05, 0) is 60.4 Å². The molecule has 0 unspecified atom stereocenters. The molecule has 2 heterocycles. The highest BCUT2D eigenvalue weighted by atomic mass is 16.6. The molecule has 7 nitrogen and oxygen atoms in total. The molecule has 1 aliphatic rings. The van der Waals surface area contributed by atoms with Gasteiger partial charge in [-0.2, -0.15) is 0 Å². The summed E-state index contributed by atoms with van der Waals surface area (Å²) in [6.07, 6.45) is 7.59. The number of nitrogens with one attached hydrogen (secondary N) is 1. The first-order valence-corrected chi connectivity index (χ1v) is 9.57. The van der Waals surface area contributed by atoms with E-state index in [4.69, 9.17) is 10.5 Å². The zero-order chi connectivity index (χ0) is 18.0. The summed E-state index contributed by atoms with van der Waals surface area (Å²) in [4.78, 5) is 2.57. The van der Waals surface area contributed by atoms with Gasteiger partial charge >= 0.3 is 0 Å². The van der Waals surface area contributed by atoms with E-state index in [0.717, 1.165) is 18.7 Å². The summed E-state index contributed by atoms with van der Waals surface area (Å²) in [5, 5.41) is 10.3. The van der Waals surface area contributed by atoms with E-state index in [0.29, 0.717) is 19.0 Å². The van der Waals surface area contributed by atoms with Crippen LogP contribution in [0.1, 0.15) is 44.1 Å². The molecule has 0 saturated carbocycles. The maximum Gasteiger partial charge on any atom is 0.215 e. The predicted molar refractivity (Wildman–Crippen MR) is 102 cm³/mol. The van der Waals surface area contributed by atoms with Gasteiger partial charge in [-0.1, -0.05) is 31.4 Å². The Bertz CT molecular complexity index is 653. The fourth-order valence-electron chi connectivity index (χ4n) is 3.25. The minimum atomic E-state index is 0.280. The van der Waals surface area contributed by atoms with Gasteiger partial charge in [-0.15, -0.1) is 0 Å². The first-order valence-electron chi connectivity index (χ1n) is 9.57. The van der Waals surface area contributed by atoms with Crippen LogP contribution in [0.4, 0.5) is 11.6 Å². The Balaban J connectivity index is 1.39. The first kappa shape index (κ1) is 18.5. The molecule has 1 fully saturated rings. The number of benzene rings is 1. The lowest BCUT2D eigenvalue weighted by Gasteiger charge is -2.24. The normalized spacial score (nSPS) is 16.0. The van der Waals surface area contributed by atoms with Crippen molar-refractivity contribution in [1.29, 1.82) is 0 Å². The SMILES string of the molecule is Nc1nonc1NCCCOc1cccc(CN2CCCCCCC2)c1. The van der Waals surface area contributed by atoms with Gasteiger partial charge in [0.2, 0.25) is 11.6 Å². The molecule has 2 aromatic rings. The summed E-state index contributed by atoms with van der Waals surface area (Å²) < 4.78 is 10.4. The van der Waals surface area contributed by atoms with Crippen LogP contribution in [0.3, 0.4) is 0 Å². The molecule has 3 N–H and O–H groups in total. The van der Waals surface area contributed by atoms with E-state index in [1.807, 2.05) is 6.07 Å². The number of aromatic nitrogens is 2. The highest BCUT2D eigenvalue weighted by molar-refractivity contribution is 5.53. The molecule has 1 aliphatic heterocycles. The van der Waals surface area contributed by atoms with Crippen molar-refractivity contribution in [1.82, 2.24) is 15.2 Å². The van der Waals surface area contributed by atoms with Crippen LogP contribution in [0, 0.1) is 0 Å². The van der Waals surface area contributed by atoms with Crippen LogP contribution in [0.5, 0.6) is 5.75 Å². The summed E-state index contributed by atoms with van der Waals surface area (Å²) in [6, 6.07) is 8.44. The zero-order valence-corrected chi connectivity index (χ0v) is 15.3. The minimum absolute atomic E-state index is 0.280. The molecule has 3 rings (SSSR count). The first-order chi connectivity index (χ1) is 12.8. The number of hydrogen-bond acceptors (Lipinski definition) is 7. The van der Waals surface area contributed by atoms with Gasteiger partial charge in [0.05, 0.1) is 6.61 Å². The highest BCUT2D eigenvalue weighted by Crippen LogP contribution is 2.18. The van der Waals surface area contributed by atoms with E-state index in [1.54, 1.807) is 0 Å². The molecular weight excluding hydrogens is 330 g/mol. The Morgan fingerprint density at radius 3 is 2.69 bits per heavy atom. The van der Waals surface area contributed by atoms with Gasteiger partial charge in [0.25, 0.3) is 0 Å². The predicted octanol–water partition coefficient (Wildman–Crippen LogP) is 3.30. The number of nitrogen functional groups attached to an aromatic ring is 1. The average molecular weight is 359 g/mol. The summed E-state index contributed by atoms with van der Waals surface area (Å²) in [7, 11) is 0. The number of nitrogens with zero attached hydrogens (tertiary/aromatic N) is 3. The van der Waals surface area contributed by atoms with Crippen molar-refractivity contribution in [3.8, 4) is 5.75 Å². The topological polar surface area (TPSA) is 89.4 Å². The van der Waals surface area contributed by atoms with Crippen molar-refractivity contribution >= 4 is 11.6 Å². The van der Waals surface area contributed by atoms with Gasteiger partial charge in [0.15, 0.2) is 0 Å². The molecule has 1 aromatic carbocycles. The number of nitrogens with two attached hydrogens (primary N) is 1. The molecule has 1 aromatic heterocycles. The summed E-state index contributed by atoms with van der Waals surface area (Å²) in [5.41, 5.74) is 6.91. The van der Waals surface area contributed by atoms with Gasteiger partial charge in [0.1, 0.15) is 5.75 Å². The maximum atomic E-state index is 5.88. The molecule has 142 valence electrons. The molecule has 0 radical (unpaired) electrons. The van der Waals surface area contributed by atoms with Crippen molar-refractivity contribution in [2.45, 2.75) is 45.1 Å². The Morgan fingerprint density at radius 2 is 1.92 bits per heavy atom. The Labute approximate surface area is 154 Å². The van der Waals surface area contributed by atoms with Gasteiger partial charge in [0, 0.05) is 13.1 Å². The van der Waals surface area contributed by atoms with E-state index >= 15 is 0 Å². The Hall–Kier alpha value is -2.28. The lowest BCUT2D eigenvalue weighted by molar-refractivity contribution is 0.239. The fourth-order valence-corrected chi connectivity index (χ4v) is 3.25. The van der Waals surface area contributed by atoms with Crippen LogP contribution in [0.25, 0.3) is 0 Å². The van der Waals surface area contributed by atoms with Crippen molar-refractivity contribution < 1.29 is 9.37 Å². The molecule has 0 bridgehead atoms. The summed E-state index contributed by atoms with van der Waals surface area (Å²) in [6.45, 7) is 4.75. The highest BCUT2D eigenvalue weighted by Gasteiger charge is 2.09. The number of rotatable bonds is 8. The monoisotopic (exact) mass is 359 g/mol. The summed E-state index contributed by atoms with van der Waals surface area (Å²) >= 11 is 0. The third kappa shape index (κ3) is 5.91. The standard InChI is InChI=1S/C19H29N5O2/c20-18-19(23-26-22-18)21-10-7-13-25-17-9-6-8-16(14-17)15-24-11-4-2-1-3-5-12-24/h6,8-9,14H,1-5,7,10-13,15H2,(H2,20,22)(H,21,23). The van der Waals surface area contributed by atoms with Gasteiger partial charge in [-0.3, -0.25) is 4.90 Å². The molecule has 7 heteroatoms. The van der Waals surface area contributed by atoms with E-state index in [2.05, 4.69) is 43.4 Å². The van der Waals surface area contributed by atoms with Crippen molar-refractivity contribution in [2.24, 2.45) is 0 Å². The number of anilines is 2. The maximum absolute atomic E-state index is 5.88. The zero-order valence-electron chi connectivity index (χ0n) is 15.3. The number of ether oxygens (including phenoxy) is 1. The lowest BCUT2D eigenvalue weighted by Crippen LogP contribution is -2.26. The smallest absolute Gasteiger partial charge is 0.215 e. The van der Waals surface area contributed by atoms with Crippen LogP contribution >= 0.6 is 0 Å². The summed E-state index contributed by atoms with van der Waals surface area (Å²) in [5.74, 6) is 1.69. The largest absolute Gasteiger partial charge is 0.494 e. The quantitative estimate of drug-likeness (QED) is 0.699. The van der Waals surface area contributed by atoms with Crippen LogP contribution < -0.4 is 15.8 Å². The van der Waals surface area contributed by atoms with E-state index in [1.165, 1.54) is 50.8 Å². The third-order valence-corrected chi connectivity index (χ3v) is 4.65. The molecule has 0 atom stereocenters. The van der Waals surface area contributed by atoms with Crippen LogP contribution in [0.15, 0.2) is 28.9 Å². The molecule has 0 amide bonds. The fraction of sp³-hybridized carbons (Fsp3) is 0.579. The average Bonchev–Trinajstić information content (AvgIpc) is 3.02. The molecule has 1 saturated heterocycles. The lowest BCUT2D eigenvalue weighted by atomic mass is 10.1. The second-order valence-electron chi connectivity index (χ2n) is 6.82. The van der Waals surface area contributed by atoms with E-state index < -0.39 is 0 Å². The Morgan fingerprint density at radius 1 is 1.12 bits per heavy atom. The molecular formula is C19H29N5O2. The number of likely N-dealkylation sites (tertiary alicyclic amines) is 1. The van der Waals surface area contributed by atoms with Crippen molar-refractivity contribution in [2.75, 3.05) is 37.3 Å². The van der Waals surface area contributed by atoms with Crippen LogP contribution in [-0.2, 0) is 6.54 Å². The second kappa shape index (κ2) is 10.0. The molecule has 26 heavy (non-hydrogen) atoms. The van der Waals surface area contributed by atoms with Gasteiger partial charge < -0.3 is 15.8 Å². The van der Waals surface area contributed by atoms with Crippen molar-refractivity contribution in [3.63, 3.8) is 0 Å². The number of hydrogen-bond donors (Lipinski definition) is 2. The van der Waals surface area contributed by atoms with Crippen LogP contribution in [-0.4, -0.2) is 41.5 Å². The van der Waals surface area contributed by atoms with Crippen molar-refractivity contribution in [3.05, 3.63) is 29.8 Å².